The van der Waals surface area contributed by atoms with Gasteiger partial charge in [-0.25, -0.2) is 8.78 Å². The van der Waals surface area contributed by atoms with Gasteiger partial charge in [-0.15, -0.1) is 0 Å². The maximum atomic E-state index is 13.3. The average Bonchev–Trinajstić information content (AvgIpc) is 2.82. The Labute approximate surface area is 185 Å². The number of aromatic nitrogens is 1. The number of amides is 2. The number of nitrogens with one attached hydrogen (secondary N) is 2. The second-order valence-electron chi connectivity index (χ2n) is 8.12. The molecule has 2 fully saturated rings. The molecule has 32 heavy (non-hydrogen) atoms. The van der Waals surface area contributed by atoms with Crippen molar-refractivity contribution in [3.8, 4) is 5.75 Å². The number of nitrogens with zero attached hydrogens (tertiary/aromatic N) is 2. The van der Waals surface area contributed by atoms with Gasteiger partial charge in [0.25, 0.3) is 11.8 Å². The topological polar surface area (TPSA) is 83.6 Å². The van der Waals surface area contributed by atoms with Gasteiger partial charge in [0.2, 0.25) is 0 Å². The molecule has 9 heteroatoms. The first-order valence-electron chi connectivity index (χ1n) is 10.9. The summed E-state index contributed by atoms with van der Waals surface area (Å²) in [6, 6.07) is 6.79. The SMILES string of the molecule is O=C(NC1CCNCC1)c1ccc(C(=O)N2CCC(Oc3ccc(F)c(F)c3)CC2)cn1. The lowest BCUT2D eigenvalue weighted by Crippen LogP contribution is -2.43. The molecule has 0 aliphatic carbocycles. The van der Waals surface area contributed by atoms with Crippen LogP contribution in [0.1, 0.15) is 46.5 Å². The highest BCUT2D eigenvalue weighted by Crippen LogP contribution is 2.22. The number of carbonyl (C=O) groups is 2. The third kappa shape index (κ3) is 5.40. The third-order valence-electron chi connectivity index (χ3n) is 5.84. The van der Waals surface area contributed by atoms with E-state index in [2.05, 4.69) is 15.6 Å². The number of rotatable bonds is 5. The second-order valence-corrected chi connectivity index (χ2v) is 8.12. The number of hydrogen-bond donors (Lipinski definition) is 2. The van der Waals surface area contributed by atoms with Crippen molar-refractivity contribution in [2.24, 2.45) is 0 Å². The lowest BCUT2D eigenvalue weighted by molar-refractivity contribution is 0.0594. The number of carbonyl (C=O) groups excluding carboxylic acids is 2. The summed E-state index contributed by atoms with van der Waals surface area (Å²) < 4.78 is 32.1. The van der Waals surface area contributed by atoms with Gasteiger partial charge in [0.15, 0.2) is 11.6 Å². The van der Waals surface area contributed by atoms with Crippen LogP contribution >= 0.6 is 0 Å². The van der Waals surface area contributed by atoms with E-state index in [1.807, 2.05) is 0 Å². The summed E-state index contributed by atoms with van der Waals surface area (Å²) in [5, 5.41) is 6.24. The smallest absolute Gasteiger partial charge is 0.270 e. The van der Waals surface area contributed by atoms with Crippen molar-refractivity contribution in [2.75, 3.05) is 26.2 Å². The molecule has 1 aromatic carbocycles. The molecule has 7 nitrogen and oxygen atoms in total. The Balaban J connectivity index is 1.28. The van der Waals surface area contributed by atoms with E-state index < -0.39 is 11.6 Å². The predicted molar refractivity (Wildman–Crippen MR) is 114 cm³/mol. The van der Waals surface area contributed by atoms with Gasteiger partial charge in [0.05, 0.1) is 5.56 Å². The zero-order valence-corrected chi connectivity index (χ0v) is 17.7. The second kappa shape index (κ2) is 10.0. The molecule has 0 unspecified atom stereocenters. The van der Waals surface area contributed by atoms with E-state index in [0.717, 1.165) is 38.1 Å². The molecule has 0 saturated carbocycles. The number of pyridine rings is 1. The van der Waals surface area contributed by atoms with Crippen LogP contribution in [0.3, 0.4) is 0 Å². The minimum absolute atomic E-state index is 0.141. The van der Waals surface area contributed by atoms with Gasteiger partial charge in [0, 0.05) is 44.2 Å². The van der Waals surface area contributed by atoms with E-state index >= 15 is 0 Å². The van der Waals surface area contributed by atoms with Crippen molar-refractivity contribution in [1.82, 2.24) is 20.5 Å². The molecule has 4 rings (SSSR count). The zero-order chi connectivity index (χ0) is 22.5. The predicted octanol–water partition coefficient (Wildman–Crippen LogP) is 2.53. The average molecular weight is 444 g/mol. The molecule has 0 bridgehead atoms. The fourth-order valence-electron chi connectivity index (χ4n) is 3.98. The summed E-state index contributed by atoms with van der Waals surface area (Å²) in [6.07, 6.45) is 4.19. The largest absolute Gasteiger partial charge is 0.490 e. The Hall–Kier alpha value is -3.07. The van der Waals surface area contributed by atoms with Crippen LogP contribution in [0.4, 0.5) is 8.78 Å². The van der Waals surface area contributed by atoms with Crippen LogP contribution in [0.2, 0.25) is 0 Å². The Kier molecular flexibility index (Phi) is 6.94. The first-order chi connectivity index (χ1) is 15.5. The molecule has 2 aliphatic rings. The van der Waals surface area contributed by atoms with Crippen LogP contribution < -0.4 is 15.4 Å². The van der Waals surface area contributed by atoms with Gasteiger partial charge < -0.3 is 20.3 Å². The fraction of sp³-hybridized carbons (Fsp3) is 0.435. The van der Waals surface area contributed by atoms with Gasteiger partial charge in [-0.1, -0.05) is 0 Å². The Morgan fingerprint density at radius 2 is 1.78 bits per heavy atom. The lowest BCUT2D eigenvalue weighted by Gasteiger charge is -2.32. The molecule has 3 heterocycles. The number of benzene rings is 1. The van der Waals surface area contributed by atoms with Gasteiger partial charge in [-0.3, -0.25) is 14.6 Å². The van der Waals surface area contributed by atoms with Crippen molar-refractivity contribution < 1.29 is 23.1 Å². The first-order valence-corrected chi connectivity index (χ1v) is 10.9. The molecule has 0 radical (unpaired) electrons. The van der Waals surface area contributed by atoms with E-state index in [4.69, 9.17) is 4.74 Å². The standard InChI is InChI=1S/C23H26F2N4O3/c24-19-3-2-18(13-20(19)25)32-17-7-11-29(12-8-17)23(31)15-1-4-21(27-14-15)22(30)28-16-5-9-26-10-6-16/h1-4,13-14,16-17,26H,5-12H2,(H,28,30). The highest BCUT2D eigenvalue weighted by molar-refractivity contribution is 5.96. The third-order valence-corrected chi connectivity index (χ3v) is 5.84. The monoisotopic (exact) mass is 444 g/mol. The first kappa shape index (κ1) is 22.1. The van der Waals surface area contributed by atoms with Crippen molar-refractivity contribution in [2.45, 2.75) is 37.8 Å². The number of ether oxygens (including phenoxy) is 1. The van der Waals surface area contributed by atoms with Crippen molar-refractivity contribution in [1.29, 1.82) is 0 Å². The quantitative estimate of drug-likeness (QED) is 0.741. The number of hydrogen-bond acceptors (Lipinski definition) is 5. The summed E-state index contributed by atoms with van der Waals surface area (Å²) in [6.45, 7) is 2.72. The maximum absolute atomic E-state index is 13.3. The summed E-state index contributed by atoms with van der Waals surface area (Å²) in [5.74, 6) is -1.98. The number of likely N-dealkylation sites (tertiary alicyclic amines) is 1. The molecule has 2 N–H and O–H groups in total. The van der Waals surface area contributed by atoms with E-state index in [1.54, 1.807) is 17.0 Å². The highest BCUT2D eigenvalue weighted by Gasteiger charge is 2.25. The van der Waals surface area contributed by atoms with Crippen LogP contribution in [0.5, 0.6) is 5.75 Å². The van der Waals surface area contributed by atoms with Crippen LogP contribution in [-0.2, 0) is 0 Å². The number of piperidine rings is 2. The molecule has 2 aromatic rings. The normalized spacial score (nSPS) is 17.8. The van der Waals surface area contributed by atoms with Crippen LogP contribution in [0.15, 0.2) is 36.5 Å². The van der Waals surface area contributed by atoms with E-state index in [-0.39, 0.29) is 29.7 Å². The van der Waals surface area contributed by atoms with Gasteiger partial charge in [-0.05, 0) is 50.2 Å². The minimum atomic E-state index is -0.949. The van der Waals surface area contributed by atoms with Gasteiger partial charge >= 0.3 is 0 Å². The molecule has 0 spiro atoms. The zero-order valence-electron chi connectivity index (χ0n) is 17.7. The molecule has 0 atom stereocenters. The van der Waals surface area contributed by atoms with Gasteiger partial charge in [-0.2, -0.15) is 0 Å². The van der Waals surface area contributed by atoms with E-state index in [0.29, 0.717) is 37.2 Å². The van der Waals surface area contributed by atoms with E-state index in [9.17, 15) is 18.4 Å². The highest BCUT2D eigenvalue weighted by atomic mass is 19.2. The fourth-order valence-corrected chi connectivity index (χ4v) is 3.98. The maximum Gasteiger partial charge on any atom is 0.270 e. The molecule has 2 amide bonds. The summed E-state index contributed by atoms with van der Waals surface area (Å²) in [7, 11) is 0. The molecule has 170 valence electrons. The minimum Gasteiger partial charge on any atom is -0.490 e. The summed E-state index contributed by atoms with van der Waals surface area (Å²) in [4.78, 5) is 31.1. The Morgan fingerprint density at radius 3 is 2.44 bits per heavy atom. The molecule has 1 aromatic heterocycles. The van der Waals surface area contributed by atoms with Crippen LogP contribution in [-0.4, -0.2) is 60.0 Å². The molecular weight excluding hydrogens is 418 g/mol. The summed E-state index contributed by atoms with van der Waals surface area (Å²) in [5.41, 5.74) is 0.710. The summed E-state index contributed by atoms with van der Waals surface area (Å²) >= 11 is 0. The van der Waals surface area contributed by atoms with Crippen LogP contribution in [0, 0.1) is 11.6 Å². The van der Waals surface area contributed by atoms with E-state index in [1.165, 1.54) is 12.3 Å². The Morgan fingerprint density at radius 1 is 1.03 bits per heavy atom. The lowest BCUT2D eigenvalue weighted by atomic mass is 10.1. The van der Waals surface area contributed by atoms with Crippen LogP contribution in [0.25, 0.3) is 0 Å². The molecular formula is C23H26F2N4O3. The number of halogens is 2. The van der Waals surface area contributed by atoms with Crippen molar-refractivity contribution in [3.05, 3.63) is 59.4 Å². The van der Waals surface area contributed by atoms with Gasteiger partial charge in [0.1, 0.15) is 17.5 Å². The van der Waals surface area contributed by atoms with Crippen molar-refractivity contribution in [3.63, 3.8) is 0 Å². The molecule has 2 saturated heterocycles. The molecule has 2 aliphatic heterocycles. The Bertz CT molecular complexity index is 956. The van der Waals surface area contributed by atoms with Crippen molar-refractivity contribution >= 4 is 11.8 Å².